The van der Waals surface area contributed by atoms with Gasteiger partial charge in [0.05, 0.1) is 24.0 Å². The Morgan fingerprint density at radius 2 is 0.760 bits per heavy atom. The van der Waals surface area contributed by atoms with E-state index in [1.807, 2.05) is 0 Å². The fourth-order valence-corrected chi connectivity index (χ4v) is 4.44. The maximum atomic E-state index is 10.1. The summed E-state index contributed by atoms with van der Waals surface area (Å²) in [5, 5.41) is 10.9. The number of hydrogen-bond donors (Lipinski definition) is 4. The van der Waals surface area contributed by atoms with Gasteiger partial charge in [-0.05, 0) is 0 Å². The molecule has 0 aliphatic carbocycles. The van der Waals surface area contributed by atoms with Crippen LogP contribution in [0.15, 0.2) is 0 Å². The van der Waals surface area contributed by atoms with Crippen molar-refractivity contribution in [2.75, 3.05) is 13.2 Å². The van der Waals surface area contributed by atoms with E-state index in [2.05, 4.69) is 0 Å². The first-order chi connectivity index (χ1) is 9.39. The SMILES string of the molecule is O=P([O-])([O-])C(CO)P(=O)([O-])O.O=P([O-])([O-])C(CO)P(=O)([O-])O.[Ca+2].[Ca+2].[Ca+2]. The third-order valence-corrected chi connectivity index (χ3v) is 8.88. The van der Waals surface area contributed by atoms with E-state index in [4.69, 9.17) is 20.0 Å². The molecule has 0 spiro atoms. The van der Waals surface area contributed by atoms with Gasteiger partial charge in [0.2, 0.25) is 0 Å². The predicted octanol–water partition coefficient (Wildman–Crippen LogP) is -7.61. The van der Waals surface area contributed by atoms with Crippen LogP contribution in [0.5, 0.6) is 0 Å². The van der Waals surface area contributed by atoms with E-state index >= 15 is 0 Å². The molecule has 0 saturated carbocycles. The molecular formula is C4H10Ca3O14P4. The van der Waals surface area contributed by atoms with Crippen LogP contribution in [0.25, 0.3) is 0 Å². The molecule has 0 saturated heterocycles. The quantitative estimate of drug-likeness (QED) is 0.185. The largest absolute Gasteiger partial charge is 2.00 e. The van der Waals surface area contributed by atoms with E-state index in [9.17, 15) is 47.6 Å². The summed E-state index contributed by atoms with van der Waals surface area (Å²) in [6.45, 7) is -2.86. The topological polar surface area (TPSA) is 288 Å². The van der Waals surface area contributed by atoms with E-state index in [0.29, 0.717) is 0 Å². The molecule has 4 N–H and O–H groups in total. The van der Waals surface area contributed by atoms with Gasteiger partial charge in [-0.15, -0.1) is 0 Å². The van der Waals surface area contributed by atoms with Crippen molar-refractivity contribution < 1.29 is 67.6 Å². The molecule has 21 heteroatoms. The smallest absolute Gasteiger partial charge is 0.810 e. The third kappa shape index (κ3) is 18.8. The summed E-state index contributed by atoms with van der Waals surface area (Å²) >= 11 is 0. The van der Waals surface area contributed by atoms with Crippen LogP contribution < -0.4 is 29.4 Å². The maximum absolute atomic E-state index is 10.1. The van der Waals surface area contributed by atoms with Crippen LogP contribution in [0.1, 0.15) is 0 Å². The summed E-state index contributed by atoms with van der Waals surface area (Å²) in [7, 11) is -21.5. The molecule has 0 aliphatic heterocycles. The Hall–Kier alpha value is 4.30. The Morgan fingerprint density at radius 3 is 0.760 bits per heavy atom. The van der Waals surface area contributed by atoms with E-state index in [-0.39, 0.29) is 113 Å². The molecule has 0 amide bonds. The number of aliphatic hydroxyl groups is 2. The number of aliphatic hydroxyl groups excluding tert-OH is 2. The molecule has 0 heterocycles. The fraction of sp³-hybridized carbons (Fsp3) is 1.00. The minimum Gasteiger partial charge on any atom is -0.810 e. The molecule has 14 nitrogen and oxygen atoms in total. The van der Waals surface area contributed by atoms with Gasteiger partial charge in [0, 0.05) is 0 Å². The van der Waals surface area contributed by atoms with Gasteiger partial charge in [-0.2, -0.15) is 0 Å². The Kier molecular flexibility index (Phi) is 25.4. The minimum atomic E-state index is -5.47. The summed E-state index contributed by atoms with van der Waals surface area (Å²) in [5.74, 6) is 0. The average Bonchev–Trinajstić information content (AvgIpc) is 2.09. The van der Waals surface area contributed by atoms with E-state index in [1.165, 1.54) is 0 Å². The first kappa shape index (κ1) is 39.7. The Balaban J connectivity index is -0.0000000952. The molecule has 25 heavy (non-hydrogen) atoms. The molecule has 0 rings (SSSR count). The van der Waals surface area contributed by atoms with Gasteiger partial charge in [0.25, 0.3) is 0 Å². The van der Waals surface area contributed by atoms with Crippen LogP contribution in [0.4, 0.5) is 0 Å². The van der Waals surface area contributed by atoms with Crippen LogP contribution in [0.3, 0.4) is 0 Å². The summed E-state index contributed by atoms with van der Waals surface area (Å²) in [6, 6.07) is 0. The Bertz CT molecular complexity index is 438. The molecule has 0 radical (unpaired) electrons. The first-order valence-corrected chi connectivity index (χ1v) is 11.2. The summed E-state index contributed by atoms with van der Waals surface area (Å²) < 4.78 is 40.1. The predicted molar refractivity (Wildman–Crippen MR) is 73.9 cm³/mol. The average molecular weight is 526 g/mol. The molecule has 136 valence electrons. The normalized spacial score (nSPS) is 18.3. The number of hydrogen-bond acceptors (Lipinski definition) is 12. The van der Waals surface area contributed by atoms with Crippen molar-refractivity contribution in [2.24, 2.45) is 0 Å². The van der Waals surface area contributed by atoms with Crippen molar-refractivity contribution in [1.29, 1.82) is 0 Å². The summed E-state index contributed by atoms with van der Waals surface area (Å²) in [6.07, 6.45) is 0. The van der Waals surface area contributed by atoms with Crippen molar-refractivity contribution in [3.05, 3.63) is 0 Å². The first-order valence-electron chi connectivity index (χ1n) is 4.71. The van der Waals surface area contributed by atoms with E-state index < -0.39 is 54.4 Å². The molecular weight excluding hydrogens is 516 g/mol. The third-order valence-electron chi connectivity index (χ3n) is 1.81. The van der Waals surface area contributed by atoms with Gasteiger partial charge >= 0.3 is 113 Å². The van der Waals surface area contributed by atoms with Crippen LogP contribution in [0.2, 0.25) is 0 Å². The standard InChI is InChI=1S/2C2H8O7P2.3Ca/c2*3-1-2(10(4,5)6)11(7,8)9;;;/h2*2-3H,1H2,(H2,4,5,6)(H2,7,8,9);;;/q;;3*+2/p-6. The van der Waals surface area contributed by atoms with Gasteiger partial charge < -0.3 is 67.6 Å². The van der Waals surface area contributed by atoms with Crippen molar-refractivity contribution in [3.63, 3.8) is 0 Å². The molecule has 0 bridgehead atoms. The summed E-state index contributed by atoms with van der Waals surface area (Å²) in [4.78, 5) is 76.2. The second-order valence-corrected chi connectivity index (χ2v) is 11.3. The van der Waals surface area contributed by atoms with Crippen LogP contribution >= 0.6 is 30.4 Å². The molecule has 4 unspecified atom stereocenters. The van der Waals surface area contributed by atoms with Crippen molar-refractivity contribution in [1.82, 2.24) is 0 Å². The Morgan fingerprint density at radius 1 is 0.600 bits per heavy atom. The maximum Gasteiger partial charge on any atom is 2.00 e. The van der Waals surface area contributed by atoms with Crippen LogP contribution in [0, 0.1) is 0 Å². The minimum absolute atomic E-state index is 0. The molecule has 0 aromatic carbocycles. The van der Waals surface area contributed by atoms with Gasteiger partial charge in [-0.1, -0.05) is 15.2 Å². The molecule has 0 fully saturated rings. The zero-order valence-corrected chi connectivity index (χ0v) is 22.6. The van der Waals surface area contributed by atoms with Crippen molar-refractivity contribution >= 4 is 144 Å². The van der Waals surface area contributed by atoms with Gasteiger partial charge in [0.15, 0.2) is 0 Å². The van der Waals surface area contributed by atoms with Crippen molar-refractivity contribution in [3.8, 4) is 0 Å². The molecule has 0 aromatic heterocycles. The van der Waals surface area contributed by atoms with Crippen molar-refractivity contribution in [2.45, 2.75) is 10.8 Å². The monoisotopic (exact) mass is 526 g/mol. The number of rotatable bonds is 6. The molecule has 0 aliphatic rings. The zero-order valence-electron chi connectivity index (χ0n) is 12.4. The van der Waals surface area contributed by atoms with E-state index in [0.717, 1.165) is 0 Å². The summed E-state index contributed by atoms with van der Waals surface area (Å²) in [5.41, 5.74) is 0. The van der Waals surface area contributed by atoms with Crippen LogP contribution in [-0.2, 0) is 18.3 Å². The van der Waals surface area contributed by atoms with Gasteiger partial charge in [-0.3, -0.25) is 0 Å². The molecule has 0 aromatic rings. The van der Waals surface area contributed by atoms with Gasteiger partial charge in [-0.25, -0.2) is 0 Å². The van der Waals surface area contributed by atoms with Gasteiger partial charge in [0.1, 0.15) is 15.2 Å². The van der Waals surface area contributed by atoms with Crippen LogP contribution in [-0.4, -0.2) is 157 Å². The molecule has 4 atom stereocenters. The second kappa shape index (κ2) is 16.0. The fourth-order valence-electron chi connectivity index (χ4n) is 0.764. The zero-order chi connectivity index (χ0) is 18.6. The Labute approximate surface area is 231 Å². The van der Waals surface area contributed by atoms with E-state index in [1.54, 1.807) is 0 Å². The second-order valence-electron chi connectivity index (χ2n) is 3.53.